The lowest BCUT2D eigenvalue weighted by Gasteiger charge is -2.61. The van der Waals surface area contributed by atoms with E-state index in [4.69, 9.17) is 5.73 Å². The van der Waals surface area contributed by atoms with Crippen LogP contribution in [-0.4, -0.2) is 28.6 Å². The Morgan fingerprint density at radius 2 is 2.33 bits per heavy atom. The van der Waals surface area contributed by atoms with Gasteiger partial charge >= 0.3 is 0 Å². The highest BCUT2D eigenvalue weighted by molar-refractivity contribution is 5.54. The molecule has 1 aliphatic carbocycles. The average Bonchev–Trinajstić information content (AvgIpc) is 2.16. The van der Waals surface area contributed by atoms with Crippen molar-refractivity contribution in [3.63, 3.8) is 0 Å². The smallest absolute Gasteiger partial charge is 0.132 e. The van der Waals surface area contributed by atoms with E-state index in [0.717, 1.165) is 23.6 Å². The first-order valence-corrected chi connectivity index (χ1v) is 5.18. The van der Waals surface area contributed by atoms with Gasteiger partial charge in [0.15, 0.2) is 0 Å². The molecule has 1 saturated carbocycles. The van der Waals surface area contributed by atoms with Gasteiger partial charge in [-0.2, -0.15) is 0 Å². The van der Waals surface area contributed by atoms with Gasteiger partial charge < -0.3 is 10.6 Å². The third-order valence-corrected chi connectivity index (χ3v) is 3.50. The molecule has 1 aromatic heterocycles. The minimum Gasteiger partial charge on any atom is -0.349 e. The van der Waals surface area contributed by atoms with E-state index in [1.54, 1.807) is 6.33 Å². The summed E-state index contributed by atoms with van der Waals surface area (Å²) in [5.41, 5.74) is 8.06. The van der Waals surface area contributed by atoms with E-state index in [1.165, 1.54) is 0 Å². The zero-order valence-corrected chi connectivity index (χ0v) is 8.72. The molecule has 0 bridgehead atoms. The molecule has 1 aromatic rings. The van der Waals surface area contributed by atoms with E-state index in [2.05, 4.69) is 21.4 Å². The summed E-state index contributed by atoms with van der Waals surface area (Å²) in [6.07, 6.45) is 1.61. The van der Waals surface area contributed by atoms with Gasteiger partial charge in [-0.05, 0) is 12.5 Å². The van der Waals surface area contributed by atoms with Gasteiger partial charge in [-0.25, -0.2) is 9.97 Å². The molecular formula is C11H14N4. The molecule has 1 aliphatic heterocycles. The van der Waals surface area contributed by atoms with Crippen molar-refractivity contribution < 1.29 is 0 Å². The van der Waals surface area contributed by atoms with Crippen molar-refractivity contribution in [3.8, 4) is 0 Å². The van der Waals surface area contributed by atoms with Gasteiger partial charge in [-0.3, -0.25) is 0 Å². The molecule has 2 aliphatic rings. The number of nitrogens with zero attached hydrogens (tertiary/aromatic N) is 3. The summed E-state index contributed by atoms with van der Waals surface area (Å²) in [4.78, 5) is 10.6. The number of hydrogen-bond acceptors (Lipinski definition) is 4. The molecule has 2 heterocycles. The third-order valence-electron chi connectivity index (χ3n) is 3.50. The predicted octanol–water partition coefficient (Wildman–Crippen LogP) is 0.487. The zero-order valence-electron chi connectivity index (χ0n) is 8.72. The first kappa shape index (κ1) is 8.85. The minimum atomic E-state index is 0.203. The van der Waals surface area contributed by atoms with Crippen LogP contribution in [0.5, 0.6) is 0 Å². The van der Waals surface area contributed by atoms with Gasteiger partial charge in [0.05, 0.1) is 6.04 Å². The topological polar surface area (TPSA) is 55.0 Å². The van der Waals surface area contributed by atoms with Crippen LogP contribution in [0.15, 0.2) is 24.5 Å². The molecule has 0 amide bonds. The lowest BCUT2D eigenvalue weighted by Crippen LogP contribution is -2.73. The average molecular weight is 202 g/mol. The Morgan fingerprint density at radius 1 is 1.53 bits per heavy atom. The van der Waals surface area contributed by atoms with Crippen LogP contribution in [0.4, 0.5) is 5.82 Å². The molecule has 2 fully saturated rings. The van der Waals surface area contributed by atoms with E-state index in [9.17, 15) is 0 Å². The molecule has 15 heavy (non-hydrogen) atoms. The Balaban J connectivity index is 1.84. The number of piperidine rings is 1. The maximum absolute atomic E-state index is 5.92. The van der Waals surface area contributed by atoms with E-state index in [-0.39, 0.29) is 6.04 Å². The van der Waals surface area contributed by atoms with Crippen molar-refractivity contribution >= 4 is 5.82 Å². The van der Waals surface area contributed by atoms with Gasteiger partial charge in [-0.15, -0.1) is 0 Å². The molecule has 2 N–H and O–H groups in total. The molecule has 0 aromatic carbocycles. The number of anilines is 1. The van der Waals surface area contributed by atoms with Gasteiger partial charge in [0.25, 0.3) is 0 Å². The highest BCUT2D eigenvalue weighted by Gasteiger charge is 2.54. The molecule has 3 unspecified atom stereocenters. The summed E-state index contributed by atoms with van der Waals surface area (Å²) in [6.45, 7) is 6.99. The van der Waals surface area contributed by atoms with Crippen LogP contribution >= 0.6 is 0 Å². The van der Waals surface area contributed by atoms with Crippen LogP contribution in [0.1, 0.15) is 5.69 Å². The van der Waals surface area contributed by atoms with Crippen molar-refractivity contribution in [2.24, 2.45) is 11.7 Å². The van der Waals surface area contributed by atoms with Crippen molar-refractivity contribution in [2.75, 3.05) is 11.4 Å². The van der Waals surface area contributed by atoms with Crippen LogP contribution in [0.25, 0.3) is 0 Å². The summed E-state index contributed by atoms with van der Waals surface area (Å²) < 4.78 is 0. The van der Waals surface area contributed by atoms with Crippen molar-refractivity contribution in [1.82, 2.24) is 9.97 Å². The molecule has 0 radical (unpaired) electrons. The normalized spacial score (nSPS) is 33.1. The number of aryl methyl sites for hydroxylation is 1. The molecule has 4 nitrogen and oxygen atoms in total. The molecule has 0 spiro atoms. The molecule has 78 valence electrons. The van der Waals surface area contributed by atoms with Gasteiger partial charge in [-0.1, -0.05) is 6.58 Å². The lowest BCUT2D eigenvalue weighted by atomic mass is 9.64. The van der Waals surface area contributed by atoms with Crippen LogP contribution in [0.2, 0.25) is 0 Å². The Labute approximate surface area is 88.8 Å². The number of nitrogens with two attached hydrogens (primary N) is 1. The lowest BCUT2D eigenvalue weighted by molar-refractivity contribution is 0.204. The van der Waals surface area contributed by atoms with Crippen molar-refractivity contribution in [1.29, 1.82) is 0 Å². The second kappa shape index (κ2) is 2.79. The van der Waals surface area contributed by atoms with E-state index >= 15 is 0 Å². The first-order chi connectivity index (χ1) is 7.18. The van der Waals surface area contributed by atoms with Crippen LogP contribution in [0.3, 0.4) is 0 Å². The van der Waals surface area contributed by atoms with Gasteiger partial charge in [0, 0.05) is 30.3 Å². The molecule has 3 atom stereocenters. The summed E-state index contributed by atoms with van der Waals surface area (Å²) in [5.74, 6) is 1.59. The highest BCUT2D eigenvalue weighted by atomic mass is 15.3. The predicted molar refractivity (Wildman–Crippen MR) is 58.5 cm³/mol. The Bertz CT molecular complexity index is 428. The minimum absolute atomic E-state index is 0.203. The second-order valence-electron chi connectivity index (χ2n) is 4.38. The fraction of sp³-hybridized carbons (Fsp3) is 0.455. The summed E-state index contributed by atoms with van der Waals surface area (Å²) in [6, 6.07) is 2.64. The Kier molecular flexibility index (Phi) is 1.65. The van der Waals surface area contributed by atoms with Crippen molar-refractivity contribution in [3.05, 3.63) is 30.2 Å². The maximum Gasteiger partial charge on any atom is 0.132 e. The summed E-state index contributed by atoms with van der Waals surface area (Å²) >= 11 is 0. The number of hydrogen-bond donors (Lipinski definition) is 1. The monoisotopic (exact) mass is 202 g/mol. The molecule has 4 heteroatoms. The fourth-order valence-electron chi connectivity index (χ4n) is 2.51. The highest BCUT2D eigenvalue weighted by Crippen LogP contribution is 2.45. The first-order valence-electron chi connectivity index (χ1n) is 5.18. The fourth-order valence-corrected chi connectivity index (χ4v) is 2.51. The van der Waals surface area contributed by atoms with E-state index < -0.39 is 0 Å². The van der Waals surface area contributed by atoms with Crippen LogP contribution < -0.4 is 10.6 Å². The van der Waals surface area contributed by atoms with Crippen molar-refractivity contribution in [2.45, 2.75) is 19.0 Å². The van der Waals surface area contributed by atoms with Gasteiger partial charge in [0.2, 0.25) is 0 Å². The molecule has 3 rings (SSSR count). The van der Waals surface area contributed by atoms with Crippen LogP contribution in [0, 0.1) is 12.8 Å². The third kappa shape index (κ3) is 1.05. The number of aromatic nitrogens is 2. The quantitative estimate of drug-likeness (QED) is 0.673. The number of rotatable bonds is 1. The van der Waals surface area contributed by atoms with Crippen LogP contribution in [-0.2, 0) is 0 Å². The number of fused-ring (bicyclic) bond motifs is 1. The maximum atomic E-state index is 5.92. The summed E-state index contributed by atoms with van der Waals surface area (Å²) in [5, 5.41) is 0. The SMILES string of the molecule is C=C1C(N)C2CN(c3cc(C)ncn3)C12. The Hall–Kier alpha value is -1.42. The standard InChI is InChI=1S/C11H14N4/c1-6-3-9(14-5-13-6)15-4-8-10(12)7(2)11(8)15/h3,5,8,10-11H,2,4,12H2,1H3. The zero-order chi connectivity index (χ0) is 10.6. The Morgan fingerprint density at radius 3 is 3.00 bits per heavy atom. The molecule has 1 saturated heterocycles. The van der Waals surface area contributed by atoms with E-state index in [0.29, 0.717) is 12.0 Å². The van der Waals surface area contributed by atoms with Gasteiger partial charge in [0.1, 0.15) is 12.1 Å². The molecular weight excluding hydrogens is 188 g/mol. The summed E-state index contributed by atoms with van der Waals surface area (Å²) in [7, 11) is 0. The van der Waals surface area contributed by atoms with E-state index in [1.807, 2.05) is 13.0 Å². The second-order valence-corrected chi connectivity index (χ2v) is 4.38. The largest absolute Gasteiger partial charge is 0.349 e.